The lowest BCUT2D eigenvalue weighted by atomic mass is 9.98. The smallest absolute Gasteiger partial charge is 0.230 e. The zero-order chi connectivity index (χ0) is 14.7. The standard InChI is InChI=1S/C15H17N3O2S/c1-2-14-12(7-8-20-14)15(19)16-11-5-3-10(4-6-11)13-9-21-18-17-13/h3-6,9,12,14H,2,7-8H2,1H3,(H,16,19)/t12-,14+/m1/s1. The molecule has 110 valence electrons. The van der Waals surface area contributed by atoms with Gasteiger partial charge in [-0.15, -0.1) is 5.10 Å². The first-order valence-electron chi connectivity index (χ1n) is 7.08. The molecule has 1 amide bonds. The predicted octanol–water partition coefficient (Wildman–Crippen LogP) is 2.96. The molecule has 0 unspecified atom stereocenters. The fourth-order valence-electron chi connectivity index (χ4n) is 2.60. The number of hydrogen-bond donors (Lipinski definition) is 1. The summed E-state index contributed by atoms with van der Waals surface area (Å²) in [6, 6.07) is 7.66. The minimum absolute atomic E-state index is 0.0439. The van der Waals surface area contributed by atoms with Gasteiger partial charge in [0.25, 0.3) is 0 Å². The maximum absolute atomic E-state index is 12.3. The lowest BCUT2D eigenvalue weighted by Gasteiger charge is -2.16. The van der Waals surface area contributed by atoms with Crippen molar-refractivity contribution in [3.05, 3.63) is 29.6 Å². The van der Waals surface area contributed by atoms with E-state index >= 15 is 0 Å². The minimum Gasteiger partial charge on any atom is -0.377 e. The molecule has 3 rings (SSSR count). The van der Waals surface area contributed by atoms with Gasteiger partial charge in [0.2, 0.25) is 5.91 Å². The van der Waals surface area contributed by atoms with Crippen LogP contribution in [0.15, 0.2) is 29.6 Å². The Kier molecular flexibility index (Phi) is 4.26. The Morgan fingerprint density at radius 1 is 1.43 bits per heavy atom. The van der Waals surface area contributed by atoms with Crippen LogP contribution in [0.5, 0.6) is 0 Å². The van der Waals surface area contributed by atoms with Crippen LogP contribution in [0, 0.1) is 5.92 Å². The summed E-state index contributed by atoms with van der Waals surface area (Å²) in [5.74, 6) is -0.000146. The zero-order valence-corrected chi connectivity index (χ0v) is 12.6. The van der Waals surface area contributed by atoms with Crippen LogP contribution < -0.4 is 5.32 Å². The number of nitrogens with zero attached hydrogens (tertiary/aromatic N) is 2. The summed E-state index contributed by atoms with van der Waals surface area (Å²) in [6.07, 6.45) is 1.71. The maximum Gasteiger partial charge on any atom is 0.230 e. The van der Waals surface area contributed by atoms with Gasteiger partial charge < -0.3 is 10.1 Å². The highest BCUT2D eigenvalue weighted by Crippen LogP contribution is 2.25. The molecule has 1 fully saturated rings. The van der Waals surface area contributed by atoms with Gasteiger partial charge in [-0.2, -0.15) is 0 Å². The summed E-state index contributed by atoms with van der Waals surface area (Å²) < 4.78 is 9.41. The normalized spacial score (nSPS) is 21.4. The number of aromatic nitrogens is 2. The number of amides is 1. The molecule has 1 N–H and O–H groups in total. The summed E-state index contributed by atoms with van der Waals surface area (Å²) in [7, 11) is 0. The fourth-order valence-corrected chi connectivity index (χ4v) is 3.07. The largest absolute Gasteiger partial charge is 0.377 e. The van der Waals surface area contributed by atoms with Gasteiger partial charge in [-0.1, -0.05) is 23.5 Å². The molecule has 0 radical (unpaired) electrons. The van der Waals surface area contributed by atoms with E-state index in [-0.39, 0.29) is 17.9 Å². The summed E-state index contributed by atoms with van der Waals surface area (Å²) >= 11 is 1.32. The van der Waals surface area contributed by atoms with Gasteiger partial charge in [0, 0.05) is 23.2 Å². The monoisotopic (exact) mass is 303 g/mol. The van der Waals surface area contributed by atoms with E-state index in [0.717, 1.165) is 29.8 Å². The van der Waals surface area contributed by atoms with Crippen molar-refractivity contribution >= 4 is 23.1 Å². The van der Waals surface area contributed by atoms with E-state index in [1.54, 1.807) is 0 Å². The van der Waals surface area contributed by atoms with E-state index in [9.17, 15) is 4.79 Å². The maximum atomic E-state index is 12.3. The highest BCUT2D eigenvalue weighted by molar-refractivity contribution is 7.03. The highest BCUT2D eigenvalue weighted by atomic mass is 32.1. The van der Waals surface area contributed by atoms with E-state index in [2.05, 4.69) is 14.9 Å². The van der Waals surface area contributed by atoms with Crippen LogP contribution in [0.4, 0.5) is 5.69 Å². The van der Waals surface area contributed by atoms with E-state index in [0.29, 0.717) is 6.61 Å². The van der Waals surface area contributed by atoms with Crippen LogP contribution in [0.25, 0.3) is 11.3 Å². The molecule has 1 aliphatic rings. The molecule has 0 saturated carbocycles. The van der Waals surface area contributed by atoms with Gasteiger partial charge in [-0.05, 0) is 36.5 Å². The van der Waals surface area contributed by atoms with E-state index < -0.39 is 0 Å². The molecule has 1 aromatic heterocycles. The summed E-state index contributed by atoms with van der Waals surface area (Å²) in [5, 5.41) is 8.89. The fraction of sp³-hybridized carbons (Fsp3) is 0.400. The number of ether oxygens (including phenoxy) is 1. The van der Waals surface area contributed by atoms with Gasteiger partial charge in [0.05, 0.1) is 12.0 Å². The Bertz CT molecular complexity index is 598. The molecule has 0 bridgehead atoms. The third-order valence-electron chi connectivity index (χ3n) is 3.76. The SMILES string of the molecule is CC[C@@H]1OCC[C@H]1C(=O)Nc1ccc(-c2csnn2)cc1. The Balaban J connectivity index is 1.66. The van der Waals surface area contributed by atoms with Crippen LogP contribution >= 0.6 is 11.5 Å². The molecule has 0 spiro atoms. The van der Waals surface area contributed by atoms with Crippen LogP contribution in [0.3, 0.4) is 0 Å². The quantitative estimate of drug-likeness (QED) is 0.943. The Morgan fingerprint density at radius 3 is 2.90 bits per heavy atom. The zero-order valence-electron chi connectivity index (χ0n) is 11.8. The average Bonchev–Trinajstić information content (AvgIpc) is 3.19. The van der Waals surface area contributed by atoms with Crippen LogP contribution in [-0.4, -0.2) is 28.2 Å². The lowest BCUT2D eigenvalue weighted by Crippen LogP contribution is -2.29. The van der Waals surface area contributed by atoms with Crippen molar-refractivity contribution in [3.8, 4) is 11.3 Å². The van der Waals surface area contributed by atoms with Crippen molar-refractivity contribution < 1.29 is 9.53 Å². The first kappa shape index (κ1) is 14.2. The second kappa shape index (κ2) is 6.32. The molecule has 5 nitrogen and oxygen atoms in total. The van der Waals surface area contributed by atoms with Crippen molar-refractivity contribution in [2.45, 2.75) is 25.9 Å². The minimum atomic E-state index is -0.0441. The van der Waals surface area contributed by atoms with Crippen LogP contribution in [0.1, 0.15) is 19.8 Å². The molecular weight excluding hydrogens is 286 g/mol. The molecule has 1 aromatic carbocycles. The molecule has 1 aliphatic heterocycles. The predicted molar refractivity (Wildman–Crippen MR) is 82.1 cm³/mol. The summed E-state index contributed by atoms with van der Waals surface area (Å²) in [4.78, 5) is 12.3. The molecule has 0 aliphatic carbocycles. The topological polar surface area (TPSA) is 64.1 Å². The second-order valence-electron chi connectivity index (χ2n) is 5.07. The van der Waals surface area contributed by atoms with Crippen molar-refractivity contribution in [1.82, 2.24) is 9.59 Å². The number of hydrogen-bond acceptors (Lipinski definition) is 5. The first-order valence-corrected chi connectivity index (χ1v) is 7.91. The van der Waals surface area contributed by atoms with Gasteiger partial charge in [-0.25, -0.2) is 0 Å². The van der Waals surface area contributed by atoms with Crippen molar-refractivity contribution in [3.63, 3.8) is 0 Å². The third-order valence-corrected chi connectivity index (χ3v) is 4.26. The highest BCUT2D eigenvalue weighted by Gasteiger charge is 2.32. The first-order chi connectivity index (χ1) is 10.3. The van der Waals surface area contributed by atoms with Crippen LogP contribution in [-0.2, 0) is 9.53 Å². The van der Waals surface area contributed by atoms with E-state index in [1.807, 2.05) is 36.6 Å². The molecule has 2 heterocycles. The molecule has 6 heteroatoms. The molecule has 2 aromatic rings. The lowest BCUT2D eigenvalue weighted by molar-refractivity contribution is -0.121. The Hall–Kier alpha value is -1.79. The third kappa shape index (κ3) is 3.11. The summed E-state index contributed by atoms with van der Waals surface area (Å²) in [5.41, 5.74) is 2.65. The van der Waals surface area contributed by atoms with Crippen LogP contribution in [0.2, 0.25) is 0 Å². The van der Waals surface area contributed by atoms with Crippen molar-refractivity contribution in [1.29, 1.82) is 0 Å². The van der Waals surface area contributed by atoms with E-state index in [1.165, 1.54) is 11.5 Å². The van der Waals surface area contributed by atoms with Gasteiger partial charge in [0.1, 0.15) is 5.69 Å². The molecule has 21 heavy (non-hydrogen) atoms. The van der Waals surface area contributed by atoms with Crippen molar-refractivity contribution in [2.24, 2.45) is 5.92 Å². The van der Waals surface area contributed by atoms with Gasteiger partial charge >= 0.3 is 0 Å². The molecule has 2 atom stereocenters. The Morgan fingerprint density at radius 2 is 2.24 bits per heavy atom. The second-order valence-corrected chi connectivity index (χ2v) is 5.68. The van der Waals surface area contributed by atoms with E-state index in [4.69, 9.17) is 4.74 Å². The van der Waals surface area contributed by atoms with Crippen molar-refractivity contribution in [2.75, 3.05) is 11.9 Å². The average molecular weight is 303 g/mol. The van der Waals surface area contributed by atoms with Gasteiger partial charge in [0.15, 0.2) is 0 Å². The number of benzene rings is 1. The number of nitrogens with one attached hydrogen (secondary N) is 1. The number of rotatable bonds is 4. The Labute approximate surface area is 127 Å². The molecular formula is C15H17N3O2S. The number of carbonyl (C=O) groups excluding carboxylic acids is 1. The number of carbonyl (C=O) groups is 1. The summed E-state index contributed by atoms with van der Waals surface area (Å²) in [6.45, 7) is 2.72. The molecule has 1 saturated heterocycles. The number of anilines is 1. The van der Waals surface area contributed by atoms with Gasteiger partial charge in [-0.3, -0.25) is 4.79 Å².